The van der Waals surface area contributed by atoms with Crippen molar-refractivity contribution in [3.8, 4) is 5.75 Å². The van der Waals surface area contributed by atoms with Crippen LogP contribution in [0.3, 0.4) is 0 Å². The van der Waals surface area contributed by atoms with Crippen LogP contribution in [0.25, 0.3) is 0 Å². The van der Waals surface area contributed by atoms with Crippen LogP contribution in [0.2, 0.25) is 0 Å². The third-order valence-electron chi connectivity index (χ3n) is 6.03. The Balaban J connectivity index is 1.43. The molecule has 1 unspecified atom stereocenters. The maximum absolute atomic E-state index is 13.5. The van der Waals surface area contributed by atoms with Gasteiger partial charge in [0.25, 0.3) is 11.8 Å². The summed E-state index contributed by atoms with van der Waals surface area (Å²) < 4.78 is 7.75. The van der Waals surface area contributed by atoms with E-state index in [0.717, 1.165) is 11.1 Å². The number of fused-ring (bicyclic) bond motifs is 2. The molecule has 31 heavy (non-hydrogen) atoms. The first-order chi connectivity index (χ1) is 15.0. The molecule has 0 saturated carbocycles. The average molecular weight is 416 g/mol. The van der Waals surface area contributed by atoms with E-state index in [1.165, 1.54) is 0 Å². The van der Waals surface area contributed by atoms with E-state index in [1.54, 1.807) is 16.8 Å². The average Bonchev–Trinajstić information content (AvgIpc) is 3.13. The molecule has 3 heterocycles. The molecule has 0 N–H and O–H groups in total. The summed E-state index contributed by atoms with van der Waals surface area (Å²) in [5.74, 6) is 0.268. The van der Waals surface area contributed by atoms with Gasteiger partial charge in [-0.3, -0.25) is 14.3 Å². The zero-order valence-electron chi connectivity index (χ0n) is 17.6. The van der Waals surface area contributed by atoms with E-state index in [9.17, 15) is 9.59 Å². The minimum Gasteiger partial charge on any atom is -0.489 e. The van der Waals surface area contributed by atoms with Gasteiger partial charge in [0.1, 0.15) is 18.4 Å². The summed E-state index contributed by atoms with van der Waals surface area (Å²) in [6.45, 7) is 2.69. The Labute approximate surface area is 180 Å². The predicted octanol–water partition coefficient (Wildman–Crippen LogP) is 2.74. The SMILES string of the molecule is CC1Cc2cn(Cc3ccccc3)nc2C(=O)N1[C@H]1COc2ccccc2N(C)C1=O. The third kappa shape index (κ3) is 3.36. The molecule has 7 nitrogen and oxygen atoms in total. The molecule has 7 heteroatoms. The summed E-state index contributed by atoms with van der Waals surface area (Å²) in [7, 11) is 1.72. The molecule has 5 rings (SSSR count). The van der Waals surface area contributed by atoms with E-state index >= 15 is 0 Å². The van der Waals surface area contributed by atoms with Gasteiger partial charge in [0.15, 0.2) is 5.69 Å². The second-order valence-electron chi connectivity index (χ2n) is 8.14. The molecule has 0 bridgehead atoms. The van der Waals surface area contributed by atoms with Crippen LogP contribution >= 0.6 is 0 Å². The molecule has 2 atom stereocenters. The smallest absolute Gasteiger partial charge is 0.275 e. The second kappa shape index (κ2) is 7.58. The molecule has 0 spiro atoms. The number of anilines is 1. The van der Waals surface area contributed by atoms with Gasteiger partial charge in [-0.2, -0.15) is 5.10 Å². The molecule has 2 aliphatic rings. The number of rotatable bonds is 3. The van der Waals surface area contributed by atoms with Gasteiger partial charge in [-0.25, -0.2) is 0 Å². The van der Waals surface area contributed by atoms with Crippen LogP contribution in [0, 0.1) is 0 Å². The van der Waals surface area contributed by atoms with Gasteiger partial charge in [-0.1, -0.05) is 42.5 Å². The van der Waals surface area contributed by atoms with E-state index in [0.29, 0.717) is 30.1 Å². The van der Waals surface area contributed by atoms with Crippen LogP contribution in [-0.2, 0) is 17.8 Å². The number of para-hydroxylation sites is 2. The summed E-state index contributed by atoms with van der Waals surface area (Å²) in [5.41, 5.74) is 3.17. The molecular weight excluding hydrogens is 392 g/mol. The lowest BCUT2D eigenvalue weighted by atomic mass is 9.98. The molecule has 158 valence electrons. The maximum Gasteiger partial charge on any atom is 0.275 e. The number of hydrogen-bond acceptors (Lipinski definition) is 4. The van der Waals surface area contributed by atoms with Crippen molar-refractivity contribution in [2.75, 3.05) is 18.6 Å². The lowest BCUT2D eigenvalue weighted by Crippen LogP contribution is -2.57. The molecule has 3 aromatic rings. The van der Waals surface area contributed by atoms with Crippen molar-refractivity contribution < 1.29 is 14.3 Å². The van der Waals surface area contributed by atoms with Crippen LogP contribution in [-0.4, -0.2) is 52.2 Å². The Morgan fingerprint density at radius 2 is 1.81 bits per heavy atom. The lowest BCUT2D eigenvalue weighted by Gasteiger charge is -2.37. The Morgan fingerprint density at radius 1 is 1.06 bits per heavy atom. The largest absolute Gasteiger partial charge is 0.489 e. The first kappa shape index (κ1) is 19.4. The number of nitrogens with zero attached hydrogens (tertiary/aromatic N) is 4. The summed E-state index contributed by atoms with van der Waals surface area (Å²) in [5, 5.41) is 4.57. The Hall–Kier alpha value is -3.61. The van der Waals surface area contributed by atoms with Crippen molar-refractivity contribution in [2.45, 2.75) is 32.0 Å². The first-order valence-corrected chi connectivity index (χ1v) is 10.4. The summed E-state index contributed by atoms with van der Waals surface area (Å²) in [4.78, 5) is 30.0. The van der Waals surface area contributed by atoms with E-state index in [2.05, 4.69) is 5.10 Å². The van der Waals surface area contributed by atoms with E-state index in [1.807, 2.05) is 72.4 Å². The maximum atomic E-state index is 13.5. The molecule has 0 fully saturated rings. The Bertz CT molecular complexity index is 1140. The molecule has 0 radical (unpaired) electrons. The fraction of sp³-hybridized carbons (Fsp3) is 0.292. The quantitative estimate of drug-likeness (QED) is 0.659. The highest BCUT2D eigenvalue weighted by Gasteiger charge is 2.42. The van der Waals surface area contributed by atoms with Gasteiger partial charge >= 0.3 is 0 Å². The number of hydrogen-bond donors (Lipinski definition) is 0. The third-order valence-corrected chi connectivity index (χ3v) is 6.03. The zero-order chi connectivity index (χ0) is 21.5. The first-order valence-electron chi connectivity index (χ1n) is 10.4. The number of carbonyl (C=O) groups excluding carboxylic acids is 2. The van der Waals surface area contributed by atoms with Crippen molar-refractivity contribution in [1.82, 2.24) is 14.7 Å². The fourth-order valence-corrected chi connectivity index (χ4v) is 4.47. The number of likely N-dealkylation sites (N-methyl/N-ethyl adjacent to an activating group) is 1. The Morgan fingerprint density at radius 3 is 2.61 bits per heavy atom. The number of ether oxygens (including phenoxy) is 1. The molecule has 2 aromatic carbocycles. The van der Waals surface area contributed by atoms with Crippen LogP contribution in [0.5, 0.6) is 5.75 Å². The van der Waals surface area contributed by atoms with Gasteiger partial charge in [-0.05, 0) is 31.0 Å². The van der Waals surface area contributed by atoms with Crippen molar-refractivity contribution in [1.29, 1.82) is 0 Å². The van der Waals surface area contributed by atoms with Crippen molar-refractivity contribution in [2.24, 2.45) is 0 Å². The van der Waals surface area contributed by atoms with Gasteiger partial charge in [0, 0.05) is 24.8 Å². The van der Waals surface area contributed by atoms with E-state index < -0.39 is 6.04 Å². The predicted molar refractivity (Wildman–Crippen MR) is 116 cm³/mol. The number of amides is 2. The van der Waals surface area contributed by atoms with Crippen molar-refractivity contribution in [3.05, 3.63) is 77.6 Å². The van der Waals surface area contributed by atoms with E-state index in [-0.39, 0.29) is 24.5 Å². The molecule has 2 aliphatic heterocycles. The number of aromatic nitrogens is 2. The van der Waals surface area contributed by atoms with Gasteiger partial charge in [-0.15, -0.1) is 0 Å². The highest BCUT2D eigenvalue weighted by atomic mass is 16.5. The van der Waals surface area contributed by atoms with Crippen LogP contribution < -0.4 is 9.64 Å². The highest BCUT2D eigenvalue weighted by molar-refractivity contribution is 6.03. The minimum absolute atomic E-state index is 0.121. The number of benzene rings is 2. The van der Waals surface area contributed by atoms with Crippen LogP contribution in [0.15, 0.2) is 60.8 Å². The van der Waals surface area contributed by atoms with E-state index in [4.69, 9.17) is 4.74 Å². The van der Waals surface area contributed by atoms with Crippen LogP contribution in [0.4, 0.5) is 5.69 Å². The summed E-state index contributed by atoms with van der Waals surface area (Å²) >= 11 is 0. The second-order valence-corrected chi connectivity index (χ2v) is 8.14. The molecule has 2 amide bonds. The number of carbonyl (C=O) groups is 2. The van der Waals surface area contributed by atoms with Crippen molar-refractivity contribution in [3.63, 3.8) is 0 Å². The summed E-state index contributed by atoms with van der Waals surface area (Å²) in [6, 6.07) is 16.6. The van der Waals surface area contributed by atoms with Gasteiger partial charge < -0.3 is 14.5 Å². The monoisotopic (exact) mass is 416 g/mol. The normalized spacial score (nSPS) is 20.7. The Kier molecular flexibility index (Phi) is 4.73. The minimum atomic E-state index is -0.702. The standard InChI is InChI=1S/C24H24N4O3/c1-16-12-18-14-27(13-17-8-4-3-5-9-17)25-22(18)24(30)28(16)20-15-31-21-11-7-6-10-19(21)26(2)23(20)29/h3-11,14,16,20H,12-13,15H2,1-2H3/t16?,20-/m0/s1. The van der Waals surface area contributed by atoms with Crippen LogP contribution in [0.1, 0.15) is 28.5 Å². The van der Waals surface area contributed by atoms with Gasteiger partial charge in [0.05, 0.1) is 12.2 Å². The molecule has 1 aromatic heterocycles. The highest BCUT2D eigenvalue weighted by Crippen LogP contribution is 2.33. The summed E-state index contributed by atoms with van der Waals surface area (Å²) in [6.07, 6.45) is 2.60. The molecular formula is C24H24N4O3. The molecule has 0 aliphatic carbocycles. The van der Waals surface area contributed by atoms with Crippen molar-refractivity contribution >= 4 is 17.5 Å². The fourth-order valence-electron chi connectivity index (χ4n) is 4.47. The van der Waals surface area contributed by atoms with Gasteiger partial charge in [0.2, 0.25) is 0 Å². The lowest BCUT2D eigenvalue weighted by molar-refractivity contribution is -0.124. The topological polar surface area (TPSA) is 67.7 Å². The zero-order valence-corrected chi connectivity index (χ0v) is 17.6. The molecule has 0 saturated heterocycles.